The molecule has 6 heteroatoms. The molecule has 1 aliphatic rings. The number of hydrazine groups is 2. The first-order chi connectivity index (χ1) is 12.2. The smallest absolute Gasteiger partial charge is 0.244 e. The van der Waals surface area contributed by atoms with Crippen LogP contribution < -0.4 is 21.7 Å². The van der Waals surface area contributed by atoms with Gasteiger partial charge in [-0.3, -0.25) is 4.79 Å². The molecule has 3 rings (SSSR count). The zero-order chi connectivity index (χ0) is 17.6. The number of hydrogen-bond donors (Lipinski definition) is 4. The molecule has 0 saturated carbocycles. The van der Waals surface area contributed by atoms with Gasteiger partial charge in [0.2, 0.25) is 5.91 Å². The Morgan fingerprint density at radius 2 is 1.76 bits per heavy atom. The molecule has 0 aromatic heterocycles. The van der Waals surface area contributed by atoms with Crippen molar-refractivity contribution in [3.05, 3.63) is 65.7 Å². The van der Waals surface area contributed by atoms with E-state index in [4.69, 9.17) is 0 Å². The van der Waals surface area contributed by atoms with E-state index in [2.05, 4.69) is 40.8 Å². The summed E-state index contributed by atoms with van der Waals surface area (Å²) in [6.45, 7) is 2.71. The summed E-state index contributed by atoms with van der Waals surface area (Å²) in [5.74, 6) is 0.0176. The second kappa shape index (κ2) is 8.11. The lowest BCUT2D eigenvalue weighted by Gasteiger charge is -2.25. The quantitative estimate of drug-likeness (QED) is 0.644. The Morgan fingerprint density at radius 3 is 2.44 bits per heavy atom. The molecule has 25 heavy (non-hydrogen) atoms. The number of aryl methyl sites for hydroxylation is 1. The van der Waals surface area contributed by atoms with E-state index in [0.717, 1.165) is 17.7 Å². The summed E-state index contributed by atoms with van der Waals surface area (Å²) >= 11 is 0. The van der Waals surface area contributed by atoms with Crippen LogP contribution in [0.15, 0.2) is 54.6 Å². The number of amides is 1. The van der Waals surface area contributed by atoms with Gasteiger partial charge in [-0.05, 0) is 29.7 Å². The number of anilines is 1. The molecule has 4 N–H and O–H groups in total. The SMILES string of the molecule is CCc1ccc(NC2NNNC2C(=O)N(C)Cc2ccccc2)cc1. The van der Waals surface area contributed by atoms with Crippen LogP contribution in [0.1, 0.15) is 18.1 Å². The monoisotopic (exact) mass is 339 g/mol. The van der Waals surface area contributed by atoms with Crippen molar-refractivity contribution < 1.29 is 4.79 Å². The number of nitrogens with zero attached hydrogens (tertiary/aromatic N) is 1. The number of rotatable bonds is 6. The minimum atomic E-state index is -0.403. The fraction of sp³-hybridized carbons (Fsp3) is 0.316. The molecule has 0 spiro atoms. The summed E-state index contributed by atoms with van der Waals surface area (Å²) in [6, 6.07) is 17.8. The van der Waals surface area contributed by atoms with Crippen LogP contribution in [0.2, 0.25) is 0 Å². The second-order valence-electron chi connectivity index (χ2n) is 6.24. The van der Waals surface area contributed by atoms with Gasteiger partial charge in [0.15, 0.2) is 0 Å². The van der Waals surface area contributed by atoms with Crippen molar-refractivity contribution in [1.29, 1.82) is 0 Å². The molecule has 1 aliphatic heterocycles. The van der Waals surface area contributed by atoms with Crippen LogP contribution in [0.3, 0.4) is 0 Å². The summed E-state index contributed by atoms with van der Waals surface area (Å²) in [5, 5.41) is 3.36. The second-order valence-corrected chi connectivity index (χ2v) is 6.24. The summed E-state index contributed by atoms with van der Waals surface area (Å²) in [5.41, 5.74) is 12.3. The molecule has 2 atom stereocenters. The van der Waals surface area contributed by atoms with E-state index < -0.39 is 6.04 Å². The zero-order valence-corrected chi connectivity index (χ0v) is 14.6. The molecule has 1 fully saturated rings. The summed E-state index contributed by atoms with van der Waals surface area (Å²) in [7, 11) is 1.82. The fourth-order valence-electron chi connectivity index (χ4n) is 2.88. The number of hydrogen-bond acceptors (Lipinski definition) is 5. The minimum absolute atomic E-state index is 0.0176. The lowest BCUT2D eigenvalue weighted by atomic mass is 10.1. The molecule has 1 amide bonds. The van der Waals surface area contributed by atoms with E-state index in [9.17, 15) is 4.79 Å². The van der Waals surface area contributed by atoms with Crippen LogP contribution in [-0.4, -0.2) is 30.1 Å². The average Bonchev–Trinajstić information content (AvgIpc) is 3.10. The van der Waals surface area contributed by atoms with Gasteiger partial charge in [0, 0.05) is 19.3 Å². The van der Waals surface area contributed by atoms with Crippen LogP contribution in [0.25, 0.3) is 0 Å². The first-order valence-corrected chi connectivity index (χ1v) is 8.58. The molecular formula is C19H25N5O. The maximum Gasteiger partial charge on any atom is 0.244 e. The third kappa shape index (κ3) is 4.36. The molecule has 2 unspecified atom stereocenters. The predicted molar refractivity (Wildman–Crippen MR) is 99.3 cm³/mol. The standard InChI is InChI=1S/C19H25N5O/c1-3-14-9-11-16(12-10-14)20-18-17(21-23-22-18)19(25)24(2)13-15-7-5-4-6-8-15/h4-12,17-18,20-23H,3,13H2,1-2H3. The third-order valence-corrected chi connectivity index (χ3v) is 4.38. The molecule has 2 aromatic rings. The van der Waals surface area contributed by atoms with Crippen molar-refractivity contribution in [2.45, 2.75) is 32.1 Å². The molecule has 0 radical (unpaired) electrons. The highest BCUT2D eigenvalue weighted by atomic mass is 16.2. The Bertz CT molecular complexity index is 689. The zero-order valence-electron chi connectivity index (χ0n) is 14.6. The molecular weight excluding hydrogens is 314 g/mol. The van der Waals surface area contributed by atoms with E-state index in [1.165, 1.54) is 5.56 Å². The largest absolute Gasteiger partial charge is 0.367 e. The topological polar surface area (TPSA) is 68.4 Å². The van der Waals surface area contributed by atoms with Crippen molar-refractivity contribution in [1.82, 2.24) is 21.3 Å². The molecule has 0 bridgehead atoms. The minimum Gasteiger partial charge on any atom is -0.367 e. The van der Waals surface area contributed by atoms with Crippen molar-refractivity contribution in [2.75, 3.05) is 12.4 Å². The van der Waals surface area contributed by atoms with Gasteiger partial charge >= 0.3 is 0 Å². The maximum atomic E-state index is 12.8. The molecule has 0 aliphatic carbocycles. The summed E-state index contributed by atoms with van der Waals surface area (Å²) < 4.78 is 0. The fourth-order valence-corrected chi connectivity index (χ4v) is 2.88. The Morgan fingerprint density at radius 1 is 1.04 bits per heavy atom. The van der Waals surface area contributed by atoms with Crippen LogP contribution in [0, 0.1) is 0 Å². The average molecular weight is 339 g/mol. The number of carbonyl (C=O) groups is 1. The molecule has 2 aromatic carbocycles. The number of carbonyl (C=O) groups excluding carboxylic acids is 1. The van der Waals surface area contributed by atoms with Crippen molar-refractivity contribution in [2.24, 2.45) is 0 Å². The van der Waals surface area contributed by atoms with E-state index in [-0.39, 0.29) is 12.1 Å². The van der Waals surface area contributed by atoms with Crippen molar-refractivity contribution >= 4 is 11.6 Å². The van der Waals surface area contributed by atoms with Crippen LogP contribution in [-0.2, 0) is 17.8 Å². The van der Waals surface area contributed by atoms with Gasteiger partial charge in [0.1, 0.15) is 12.2 Å². The predicted octanol–water partition coefficient (Wildman–Crippen LogP) is 1.63. The van der Waals surface area contributed by atoms with Crippen molar-refractivity contribution in [3.63, 3.8) is 0 Å². The van der Waals surface area contributed by atoms with Crippen LogP contribution in [0.5, 0.6) is 0 Å². The van der Waals surface area contributed by atoms with Crippen LogP contribution in [0.4, 0.5) is 5.69 Å². The van der Waals surface area contributed by atoms with E-state index in [0.29, 0.717) is 6.54 Å². The number of benzene rings is 2. The van der Waals surface area contributed by atoms with Crippen molar-refractivity contribution in [3.8, 4) is 0 Å². The van der Waals surface area contributed by atoms with Gasteiger partial charge in [0.25, 0.3) is 0 Å². The summed E-state index contributed by atoms with van der Waals surface area (Å²) in [6.07, 6.45) is 0.773. The van der Waals surface area contributed by atoms with Crippen LogP contribution >= 0.6 is 0 Å². The van der Waals surface area contributed by atoms with Gasteiger partial charge < -0.3 is 10.2 Å². The Labute approximate surface area is 148 Å². The first kappa shape index (κ1) is 17.4. The van der Waals surface area contributed by atoms with Gasteiger partial charge in [-0.2, -0.15) is 5.53 Å². The summed E-state index contributed by atoms with van der Waals surface area (Å²) in [4.78, 5) is 14.5. The lowest BCUT2D eigenvalue weighted by molar-refractivity contribution is -0.132. The van der Waals surface area contributed by atoms with Gasteiger partial charge in [-0.25, -0.2) is 10.9 Å². The highest BCUT2D eigenvalue weighted by Crippen LogP contribution is 2.14. The van der Waals surface area contributed by atoms with E-state index in [1.54, 1.807) is 4.90 Å². The highest BCUT2D eigenvalue weighted by Gasteiger charge is 2.34. The van der Waals surface area contributed by atoms with E-state index in [1.807, 2.05) is 49.5 Å². The Kier molecular flexibility index (Phi) is 5.65. The Hall–Kier alpha value is -2.41. The third-order valence-electron chi connectivity index (χ3n) is 4.38. The first-order valence-electron chi connectivity index (χ1n) is 8.58. The lowest BCUT2D eigenvalue weighted by Crippen LogP contribution is -2.50. The normalized spacial score (nSPS) is 19.6. The Balaban J connectivity index is 1.62. The molecule has 1 heterocycles. The molecule has 132 valence electrons. The number of likely N-dealkylation sites (N-methyl/N-ethyl adjacent to an activating group) is 1. The molecule has 1 saturated heterocycles. The van der Waals surface area contributed by atoms with Gasteiger partial charge in [-0.1, -0.05) is 49.4 Å². The van der Waals surface area contributed by atoms with Gasteiger partial charge in [-0.15, -0.1) is 0 Å². The highest BCUT2D eigenvalue weighted by molar-refractivity contribution is 5.83. The van der Waals surface area contributed by atoms with E-state index >= 15 is 0 Å². The molecule has 6 nitrogen and oxygen atoms in total. The maximum absolute atomic E-state index is 12.8. The number of nitrogens with one attached hydrogen (secondary N) is 4. The van der Waals surface area contributed by atoms with Gasteiger partial charge in [0.05, 0.1) is 0 Å².